The molecule has 2 atom stereocenters. The molecule has 2 N–H and O–H groups in total. The molecule has 0 radical (unpaired) electrons. The van der Waals surface area contributed by atoms with E-state index in [2.05, 4.69) is 0 Å². The number of rotatable bonds is 7. The maximum Gasteiger partial charge on any atom is 0.241 e. The van der Waals surface area contributed by atoms with Gasteiger partial charge in [-0.15, -0.1) is 0 Å². The van der Waals surface area contributed by atoms with E-state index >= 15 is 0 Å². The van der Waals surface area contributed by atoms with E-state index in [9.17, 15) is 9.59 Å². The first-order chi connectivity index (χ1) is 9.95. The van der Waals surface area contributed by atoms with E-state index in [1.54, 1.807) is 26.1 Å². The summed E-state index contributed by atoms with van der Waals surface area (Å²) in [5, 5.41) is 0. The maximum atomic E-state index is 12.5. The van der Waals surface area contributed by atoms with Crippen molar-refractivity contribution in [3.05, 3.63) is 0 Å². The zero-order chi connectivity index (χ0) is 15.8. The standard InChI is InChI=1S/C15H29N3O3/c1-17(2)15(20)11-18(8-9-21-3)14(19)10-12-6-4-5-7-13(12)16/h12-13H,4-11,16H2,1-3H3. The fraction of sp³-hybridized carbons (Fsp3) is 0.867. The summed E-state index contributed by atoms with van der Waals surface area (Å²) < 4.78 is 5.03. The summed E-state index contributed by atoms with van der Waals surface area (Å²) in [6.07, 6.45) is 4.73. The summed E-state index contributed by atoms with van der Waals surface area (Å²) in [5.74, 6) is 0.169. The Morgan fingerprint density at radius 2 is 1.86 bits per heavy atom. The second-order valence-corrected chi connectivity index (χ2v) is 6.01. The third-order valence-electron chi connectivity index (χ3n) is 4.15. The van der Waals surface area contributed by atoms with Gasteiger partial charge in [-0.05, 0) is 18.8 Å². The minimum atomic E-state index is -0.0765. The summed E-state index contributed by atoms with van der Waals surface area (Å²) in [5.41, 5.74) is 6.11. The van der Waals surface area contributed by atoms with Gasteiger partial charge in [0, 0.05) is 40.2 Å². The number of ether oxygens (including phenoxy) is 1. The van der Waals surface area contributed by atoms with Gasteiger partial charge in [0.1, 0.15) is 0 Å². The molecule has 122 valence electrons. The first kappa shape index (κ1) is 17.9. The molecule has 1 rings (SSSR count). The number of carbonyl (C=O) groups excluding carboxylic acids is 2. The largest absolute Gasteiger partial charge is 0.383 e. The van der Waals surface area contributed by atoms with Crippen molar-refractivity contribution in [2.45, 2.75) is 38.1 Å². The highest BCUT2D eigenvalue weighted by molar-refractivity contribution is 5.84. The highest BCUT2D eigenvalue weighted by Crippen LogP contribution is 2.26. The molecule has 0 heterocycles. The lowest BCUT2D eigenvalue weighted by Gasteiger charge is -2.31. The number of likely N-dealkylation sites (N-methyl/N-ethyl adjacent to an activating group) is 1. The summed E-state index contributed by atoms with van der Waals surface area (Å²) in [4.78, 5) is 27.4. The molecule has 2 unspecified atom stereocenters. The summed E-state index contributed by atoms with van der Waals surface area (Å²) in [6, 6.07) is 0.108. The molecular formula is C15H29N3O3. The minimum absolute atomic E-state index is 0.00426. The van der Waals surface area contributed by atoms with Crippen LogP contribution < -0.4 is 5.73 Å². The molecule has 6 heteroatoms. The van der Waals surface area contributed by atoms with E-state index < -0.39 is 0 Å². The first-order valence-corrected chi connectivity index (χ1v) is 7.68. The SMILES string of the molecule is COCCN(CC(=O)N(C)C)C(=O)CC1CCCCC1N. The van der Waals surface area contributed by atoms with Gasteiger partial charge in [0.2, 0.25) is 11.8 Å². The van der Waals surface area contributed by atoms with Gasteiger partial charge in [-0.25, -0.2) is 0 Å². The predicted octanol–water partition coefficient (Wildman–Crippen LogP) is 0.457. The van der Waals surface area contributed by atoms with Crippen molar-refractivity contribution >= 4 is 11.8 Å². The fourth-order valence-electron chi connectivity index (χ4n) is 2.64. The Kier molecular flexibility index (Phi) is 7.67. The number of nitrogens with two attached hydrogens (primary N) is 1. The Morgan fingerprint density at radius 3 is 2.43 bits per heavy atom. The quantitative estimate of drug-likeness (QED) is 0.741. The van der Waals surface area contributed by atoms with Crippen LogP contribution in [0.1, 0.15) is 32.1 Å². The van der Waals surface area contributed by atoms with Gasteiger partial charge in [0.25, 0.3) is 0 Å². The van der Waals surface area contributed by atoms with Crippen LogP contribution in [-0.4, -0.2) is 68.6 Å². The molecule has 6 nitrogen and oxygen atoms in total. The summed E-state index contributed by atoms with van der Waals surface area (Å²) >= 11 is 0. The number of methoxy groups -OCH3 is 1. The van der Waals surface area contributed by atoms with Crippen LogP contribution in [0, 0.1) is 5.92 Å². The van der Waals surface area contributed by atoms with Crippen molar-refractivity contribution in [3.8, 4) is 0 Å². The van der Waals surface area contributed by atoms with Crippen LogP contribution in [0.2, 0.25) is 0 Å². The van der Waals surface area contributed by atoms with E-state index in [1.165, 1.54) is 4.90 Å². The maximum absolute atomic E-state index is 12.5. The van der Waals surface area contributed by atoms with E-state index in [4.69, 9.17) is 10.5 Å². The van der Waals surface area contributed by atoms with Gasteiger partial charge in [-0.2, -0.15) is 0 Å². The Balaban J connectivity index is 2.58. The molecule has 0 aliphatic heterocycles. The van der Waals surface area contributed by atoms with Gasteiger partial charge >= 0.3 is 0 Å². The molecule has 1 aliphatic rings. The number of amides is 2. The van der Waals surface area contributed by atoms with Gasteiger partial charge in [0.05, 0.1) is 13.2 Å². The molecule has 1 aliphatic carbocycles. The van der Waals surface area contributed by atoms with Crippen LogP contribution in [0.4, 0.5) is 0 Å². The fourth-order valence-corrected chi connectivity index (χ4v) is 2.64. The van der Waals surface area contributed by atoms with Crippen LogP contribution in [-0.2, 0) is 14.3 Å². The number of carbonyl (C=O) groups is 2. The average Bonchev–Trinajstić information content (AvgIpc) is 2.45. The Morgan fingerprint density at radius 1 is 1.19 bits per heavy atom. The molecule has 2 amide bonds. The van der Waals surface area contributed by atoms with Crippen molar-refractivity contribution in [1.29, 1.82) is 0 Å². The van der Waals surface area contributed by atoms with Gasteiger partial charge < -0.3 is 20.3 Å². The molecule has 21 heavy (non-hydrogen) atoms. The van der Waals surface area contributed by atoms with Crippen molar-refractivity contribution in [1.82, 2.24) is 9.80 Å². The Bertz CT molecular complexity index is 347. The normalized spacial score (nSPS) is 21.9. The van der Waals surface area contributed by atoms with E-state index in [1.807, 2.05) is 0 Å². The number of nitrogens with zero attached hydrogens (tertiary/aromatic N) is 2. The van der Waals surface area contributed by atoms with Crippen LogP contribution in [0.25, 0.3) is 0 Å². The van der Waals surface area contributed by atoms with Crippen LogP contribution in [0.3, 0.4) is 0 Å². The third kappa shape index (κ3) is 6.01. The van der Waals surface area contributed by atoms with Crippen molar-refractivity contribution < 1.29 is 14.3 Å². The van der Waals surface area contributed by atoms with E-state index in [0.717, 1.165) is 25.7 Å². The lowest BCUT2D eigenvalue weighted by atomic mass is 9.82. The monoisotopic (exact) mass is 299 g/mol. The van der Waals surface area contributed by atoms with Crippen molar-refractivity contribution in [2.75, 3.05) is 40.9 Å². The average molecular weight is 299 g/mol. The molecule has 0 aromatic rings. The number of hydrogen-bond donors (Lipinski definition) is 1. The Labute approximate surface area is 127 Å². The van der Waals surface area contributed by atoms with Gasteiger partial charge in [0.15, 0.2) is 0 Å². The van der Waals surface area contributed by atoms with Crippen molar-refractivity contribution in [3.63, 3.8) is 0 Å². The topological polar surface area (TPSA) is 75.9 Å². The zero-order valence-electron chi connectivity index (χ0n) is 13.5. The van der Waals surface area contributed by atoms with Crippen LogP contribution in [0.15, 0.2) is 0 Å². The molecule has 1 fully saturated rings. The second kappa shape index (κ2) is 9.00. The molecule has 0 saturated heterocycles. The molecular weight excluding hydrogens is 270 g/mol. The zero-order valence-corrected chi connectivity index (χ0v) is 13.5. The first-order valence-electron chi connectivity index (χ1n) is 7.68. The third-order valence-corrected chi connectivity index (χ3v) is 4.15. The van der Waals surface area contributed by atoms with E-state index in [-0.39, 0.29) is 30.3 Å². The predicted molar refractivity (Wildman–Crippen MR) is 81.7 cm³/mol. The van der Waals surface area contributed by atoms with Crippen molar-refractivity contribution in [2.24, 2.45) is 11.7 Å². The molecule has 0 spiro atoms. The Hall–Kier alpha value is -1.14. The van der Waals surface area contributed by atoms with Crippen LogP contribution >= 0.6 is 0 Å². The smallest absolute Gasteiger partial charge is 0.241 e. The van der Waals surface area contributed by atoms with Gasteiger partial charge in [-0.1, -0.05) is 12.8 Å². The van der Waals surface area contributed by atoms with Crippen LogP contribution in [0.5, 0.6) is 0 Å². The highest BCUT2D eigenvalue weighted by Gasteiger charge is 2.27. The molecule has 0 aromatic heterocycles. The molecule has 0 aromatic carbocycles. The second-order valence-electron chi connectivity index (χ2n) is 6.01. The lowest BCUT2D eigenvalue weighted by Crippen LogP contribution is -2.44. The summed E-state index contributed by atoms with van der Waals surface area (Å²) in [6.45, 7) is 0.983. The minimum Gasteiger partial charge on any atom is -0.383 e. The lowest BCUT2D eigenvalue weighted by molar-refractivity contribution is -0.140. The summed E-state index contributed by atoms with van der Waals surface area (Å²) in [7, 11) is 4.98. The molecule has 0 bridgehead atoms. The number of hydrogen-bond acceptors (Lipinski definition) is 4. The van der Waals surface area contributed by atoms with Gasteiger partial charge in [-0.3, -0.25) is 9.59 Å². The van der Waals surface area contributed by atoms with E-state index in [0.29, 0.717) is 19.6 Å². The molecule has 1 saturated carbocycles. The highest BCUT2D eigenvalue weighted by atomic mass is 16.5.